The van der Waals surface area contributed by atoms with Crippen LogP contribution < -0.4 is 0 Å². The van der Waals surface area contributed by atoms with Crippen LogP contribution in [0.15, 0.2) is 61.3 Å². The van der Waals surface area contributed by atoms with Crippen molar-refractivity contribution in [1.29, 1.82) is 0 Å². The van der Waals surface area contributed by atoms with E-state index in [-0.39, 0.29) is 0 Å². The minimum atomic E-state index is 0.771. The van der Waals surface area contributed by atoms with Crippen LogP contribution in [0.4, 0.5) is 0 Å². The lowest BCUT2D eigenvalue weighted by atomic mass is 10.1. The molecule has 0 aliphatic heterocycles. The Balaban J connectivity index is 1.52. The van der Waals surface area contributed by atoms with Crippen molar-refractivity contribution >= 4 is 33.3 Å². The maximum absolute atomic E-state index is 4.83. The average molecular weight is 409 g/mol. The number of aryl methyl sites for hydroxylation is 1. The normalized spacial score (nSPS) is 11.5. The van der Waals surface area contributed by atoms with Gasteiger partial charge in [0.25, 0.3) is 0 Å². The molecule has 0 aliphatic rings. The summed E-state index contributed by atoms with van der Waals surface area (Å²) in [6.07, 6.45) is 6.85. The number of nitrogens with zero attached hydrogens (tertiary/aromatic N) is 5. The Morgan fingerprint density at radius 3 is 2.67 bits per heavy atom. The highest BCUT2D eigenvalue weighted by Crippen LogP contribution is 2.35. The number of hydrogen-bond donors (Lipinski definition) is 2. The van der Waals surface area contributed by atoms with Crippen LogP contribution in [0, 0.1) is 6.92 Å². The third kappa shape index (κ3) is 2.69. The van der Waals surface area contributed by atoms with Crippen LogP contribution in [0.2, 0.25) is 0 Å². The zero-order valence-electron chi connectivity index (χ0n) is 15.9. The number of aromatic amines is 2. The van der Waals surface area contributed by atoms with E-state index in [1.807, 2.05) is 24.4 Å². The lowest BCUT2D eigenvalue weighted by Crippen LogP contribution is -1.87. The molecule has 6 aromatic rings. The van der Waals surface area contributed by atoms with E-state index in [4.69, 9.17) is 4.98 Å². The second-order valence-corrected chi connectivity index (χ2v) is 8.29. The molecule has 6 heterocycles. The number of rotatable bonds is 3. The molecule has 30 heavy (non-hydrogen) atoms. The second kappa shape index (κ2) is 6.57. The fourth-order valence-corrected chi connectivity index (χ4v) is 4.50. The molecule has 0 radical (unpaired) electrons. The summed E-state index contributed by atoms with van der Waals surface area (Å²) < 4.78 is 0. The van der Waals surface area contributed by atoms with Crippen molar-refractivity contribution in [1.82, 2.24) is 35.1 Å². The molecule has 0 unspecified atom stereocenters. The van der Waals surface area contributed by atoms with E-state index in [0.29, 0.717) is 0 Å². The average Bonchev–Trinajstić information content (AvgIpc) is 3.51. The molecule has 6 rings (SSSR count). The minimum Gasteiger partial charge on any atom is -0.353 e. The molecule has 0 amide bonds. The van der Waals surface area contributed by atoms with Crippen molar-refractivity contribution < 1.29 is 0 Å². The molecule has 0 atom stereocenters. The smallest absolute Gasteiger partial charge is 0.135 e. The number of fused-ring (bicyclic) bond motifs is 2. The van der Waals surface area contributed by atoms with E-state index in [1.165, 1.54) is 11.2 Å². The lowest BCUT2D eigenvalue weighted by molar-refractivity contribution is 1.12. The highest BCUT2D eigenvalue weighted by molar-refractivity contribution is 7.15. The van der Waals surface area contributed by atoms with Crippen LogP contribution in [0.1, 0.15) is 4.88 Å². The number of thiophene rings is 1. The molecule has 0 aliphatic carbocycles. The number of nitrogens with one attached hydrogen (secondary N) is 2. The van der Waals surface area contributed by atoms with Gasteiger partial charge in [0.2, 0.25) is 0 Å². The summed E-state index contributed by atoms with van der Waals surface area (Å²) in [6, 6.07) is 12.2. The SMILES string of the molecule is Cc1ccc(-c2nccc3[nH]c(-c4n[nH]c5ccc(-c6cncnc6)nc45)cc23)s1. The van der Waals surface area contributed by atoms with Gasteiger partial charge in [-0.15, -0.1) is 11.3 Å². The summed E-state index contributed by atoms with van der Waals surface area (Å²) in [5, 5.41) is 8.68. The van der Waals surface area contributed by atoms with Crippen molar-refractivity contribution in [2.24, 2.45) is 0 Å². The Labute approximate surface area is 174 Å². The molecule has 8 heteroatoms. The summed E-state index contributed by atoms with van der Waals surface area (Å²) in [7, 11) is 0. The topological polar surface area (TPSA) is 96.0 Å². The van der Waals surface area contributed by atoms with Gasteiger partial charge < -0.3 is 4.98 Å². The molecule has 144 valence electrons. The summed E-state index contributed by atoms with van der Waals surface area (Å²) in [4.78, 5) is 23.5. The van der Waals surface area contributed by atoms with E-state index < -0.39 is 0 Å². The Kier molecular flexibility index (Phi) is 3.72. The predicted octanol–water partition coefficient (Wildman–Crippen LogP) is 5.00. The summed E-state index contributed by atoms with van der Waals surface area (Å²) >= 11 is 1.74. The maximum atomic E-state index is 4.83. The molecule has 0 spiro atoms. The largest absolute Gasteiger partial charge is 0.353 e. The van der Waals surface area contributed by atoms with Crippen molar-refractivity contribution in [3.63, 3.8) is 0 Å². The van der Waals surface area contributed by atoms with Crippen LogP contribution >= 0.6 is 11.3 Å². The number of hydrogen-bond acceptors (Lipinski definition) is 6. The minimum absolute atomic E-state index is 0.771. The van der Waals surface area contributed by atoms with Crippen LogP contribution in [-0.2, 0) is 0 Å². The van der Waals surface area contributed by atoms with E-state index in [9.17, 15) is 0 Å². The van der Waals surface area contributed by atoms with E-state index >= 15 is 0 Å². The molecule has 0 saturated heterocycles. The first-order valence-electron chi connectivity index (χ1n) is 9.42. The van der Waals surface area contributed by atoms with Gasteiger partial charge in [0, 0.05) is 39.9 Å². The van der Waals surface area contributed by atoms with Gasteiger partial charge in [0.05, 0.1) is 27.5 Å². The fourth-order valence-electron chi connectivity index (χ4n) is 3.62. The van der Waals surface area contributed by atoms with Crippen LogP contribution in [0.5, 0.6) is 0 Å². The highest BCUT2D eigenvalue weighted by Gasteiger charge is 2.16. The molecular formula is C22H15N7S. The van der Waals surface area contributed by atoms with E-state index in [1.54, 1.807) is 23.7 Å². The van der Waals surface area contributed by atoms with Gasteiger partial charge in [-0.3, -0.25) is 10.1 Å². The molecule has 6 aromatic heterocycles. The first-order valence-corrected chi connectivity index (χ1v) is 10.2. The summed E-state index contributed by atoms with van der Waals surface area (Å²) in [5.74, 6) is 0. The van der Waals surface area contributed by atoms with Gasteiger partial charge in [-0.2, -0.15) is 5.10 Å². The Morgan fingerprint density at radius 1 is 0.933 bits per heavy atom. The standard InChI is InChI=1S/C22H15N7S/c1-12-2-5-19(30-12)20-14-8-18(26-16(14)6-7-25-20)22-21-17(28-29-22)4-3-15(27-21)13-9-23-11-24-10-13/h2-11,26H,1H3,(H,28,29). The third-order valence-electron chi connectivity index (χ3n) is 5.04. The Bertz CT molecular complexity index is 1510. The monoisotopic (exact) mass is 409 g/mol. The van der Waals surface area contributed by atoms with Crippen molar-refractivity contribution in [2.45, 2.75) is 6.92 Å². The number of H-pyrrole nitrogens is 2. The van der Waals surface area contributed by atoms with Crippen LogP contribution in [-0.4, -0.2) is 35.1 Å². The molecule has 0 bridgehead atoms. The van der Waals surface area contributed by atoms with Crippen molar-refractivity contribution in [3.8, 4) is 33.2 Å². The molecular weight excluding hydrogens is 394 g/mol. The molecule has 7 nitrogen and oxygen atoms in total. The van der Waals surface area contributed by atoms with Crippen molar-refractivity contribution in [3.05, 3.63) is 66.2 Å². The second-order valence-electron chi connectivity index (χ2n) is 7.01. The van der Waals surface area contributed by atoms with Gasteiger partial charge in [0.15, 0.2) is 0 Å². The third-order valence-corrected chi connectivity index (χ3v) is 6.05. The van der Waals surface area contributed by atoms with Gasteiger partial charge in [-0.1, -0.05) is 0 Å². The Hall–Kier alpha value is -3.91. The summed E-state index contributed by atoms with van der Waals surface area (Å²) in [6.45, 7) is 2.10. The predicted molar refractivity (Wildman–Crippen MR) is 118 cm³/mol. The first kappa shape index (κ1) is 17.0. The summed E-state index contributed by atoms with van der Waals surface area (Å²) in [5.41, 5.74) is 7.00. The number of aromatic nitrogens is 7. The molecule has 0 saturated carbocycles. The van der Waals surface area contributed by atoms with Gasteiger partial charge in [-0.25, -0.2) is 15.0 Å². The van der Waals surface area contributed by atoms with Gasteiger partial charge in [0.1, 0.15) is 17.5 Å². The first-order chi connectivity index (χ1) is 14.8. The lowest BCUT2D eigenvalue weighted by Gasteiger charge is -2.00. The van der Waals surface area contributed by atoms with E-state index in [0.717, 1.165) is 55.2 Å². The van der Waals surface area contributed by atoms with Gasteiger partial charge >= 0.3 is 0 Å². The molecule has 0 fully saturated rings. The van der Waals surface area contributed by atoms with E-state index in [2.05, 4.69) is 55.3 Å². The zero-order valence-corrected chi connectivity index (χ0v) is 16.7. The molecule has 0 aromatic carbocycles. The quantitative estimate of drug-likeness (QED) is 0.429. The van der Waals surface area contributed by atoms with Gasteiger partial charge in [-0.05, 0) is 43.3 Å². The highest BCUT2D eigenvalue weighted by atomic mass is 32.1. The zero-order chi connectivity index (χ0) is 20.1. The maximum Gasteiger partial charge on any atom is 0.135 e. The fraction of sp³-hybridized carbons (Fsp3) is 0.0455. The van der Waals surface area contributed by atoms with Crippen LogP contribution in [0.3, 0.4) is 0 Å². The van der Waals surface area contributed by atoms with Crippen molar-refractivity contribution in [2.75, 3.05) is 0 Å². The Morgan fingerprint density at radius 2 is 1.83 bits per heavy atom. The van der Waals surface area contributed by atoms with Crippen LogP contribution in [0.25, 0.3) is 55.2 Å². The number of pyridine rings is 2. The molecule has 2 N–H and O–H groups in total.